The van der Waals surface area contributed by atoms with Gasteiger partial charge in [0.15, 0.2) is 0 Å². The summed E-state index contributed by atoms with van der Waals surface area (Å²) < 4.78 is 4.73. The van der Waals surface area contributed by atoms with E-state index in [0.29, 0.717) is 17.3 Å². The molecule has 0 aliphatic carbocycles. The molecule has 1 N–H and O–H groups in total. The van der Waals surface area contributed by atoms with Crippen LogP contribution >= 0.6 is 0 Å². The molecule has 1 aliphatic rings. The number of benzene rings is 1. The molecule has 1 fully saturated rings. The van der Waals surface area contributed by atoms with Crippen LogP contribution in [-0.4, -0.2) is 47.6 Å². The van der Waals surface area contributed by atoms with Crippen molar-refractivity contribution in [2.45, 2.75) is 12.8 Å². The van der Waals surface area contributed by atoms with Gasteiger partial charge in [-0.15, -0.1) is 0 Å². The normalized spacial score (nSPS) is 18.4. The minimum Gasteiger partial charge on any atom is -0.342 e. The summed E-state index contributed by atoms with van der Waals surface area (Å²) >= 11 is 0. The highest BCUT2D eigenvalue weighted by atomic mass is 16.5. The zero-order chi connectivity index (χ0) is 15.4. The van der Waals surface area contributed by atoms with E-state index < -0.39 is 0 Å². The lowest BCUT2D eigenvalue weighted by molar-refractivity contribution is 0.0674. The fourth-order valence-corrected chi connectivity index (χ4v) is 2.95. The maximum atomic E-state index is 12.6. The molecule has 2 aromatic rings. The third kappa shape index (κ3) is 3.17. The summed E-state index contributed by atoms with van der Waals surface area (Å²) in [5.74, 6) is 1.17. The number of aromatic nitrogens is 2. The number of hydrogen-bond acceptors (Lipinski definition) is 5. The Hall–Kier alpha value is -2.21. The zero-order valence-corrected chi connectivity index (χ0v) is 12.7. The maximum absolute atomic E-state index is 12.6. The van der Waals surface area contributed by atoms with E-state index >= 15 is 0 Å². The maximum Gasteiger partial charge on any atom is 0.253 e. The number of carbonyl (C=O) groups is 1. The van der Waals surface area contributed by atoms with Crippen LogP contribution in [0.15, 0.2) is 35.2 Å². The van der Waals surface area contributed by atoms with Crippen molar-refractivity contribution in [2.75, 3.05) is 26.7 Å². The second-order valence-corrected chi connectivity index (χ2v) is 5.65. The van der Waals surface area contributed by atoms with Crippen LogP contribution in [0, 0.1) is 5.92 Å². The van der Waals surface area contributed by atoms with Crippen LogP contribution < -0.4 is 5.32 Å². The first-order valence-electron chi connectivity index (χ1n) is 7.58. The summed E-state index contributed by atoms with van der Waals surface area (Å²) in [6.07, 6.45) is 3.55. The number of piperidine rings is 1. The van der Waals surface area contributed by atoms with E-state index in [4.69, 9.17) is 4.52 Å². The number of amides is 1. The Morgan fingerprint density at radius 1 is 1.41 bits per heavy atom. The van der Waals surface area contributed by atoms with Gasteiger partial charge in [-0.05, 0) is 44.5 Å². The third-order valence-electron chi connectivity index (χ3n) is 4.05. The third-order valence-corrected chi connectivity index (χ3v) is 4.05. The Bertz CT molecular complexity index is 608. The van der Waals surface area contributed by atoms with E-state index in [-0.39, 0.29) is 5.91 Å². The molecular weight excluding hydrogens is 280 g/mol. The molecule has 6 heteroatoms. The number of nitrogens with one attached hydrogen (secondary N) is 1. The summed E-state index contributed by atoms with van der Waals surface area (Å²) in [4.78, 5) is 18.6. The van der Waals surface area contributed by atoms with Crippen molar-refractivity contribution >= 4 is 5.91 Å². The molecule has 116 valence electrons. The van der Waals surface area contributed by atoms with Gasteiger partial charge in [0.1, 0.15) is 0 Å². The van der Waals surface area contributed by atoms with Gasteiger partial charge in [-0.1, -0.05) is 17.3 Å². The lowest BCUT2D eigenvalue weighted by atomic mass is 9.97. The molecule has 22 heavy (non-hydrogen) atoms. The standard InChI is InChI=1S/C16H20N4O2/c1-17-9-12-3-2-8-20(10-12)16(21)14-6-4-13(5-7-14)15-18-11-22-19-15/h4-7,11-12,17H,2-3,8-10H2,1H3. The van der Waals surface area contributed by atoms with Crippen LogP contribution in [0.4, 0.5) is 0 Å². The molecule has 0 saturated carbocycles. The Kier molecular flexibility index (Phi) is 4.48. The molecular formula is C16H20N4O2. The highest BCUT2D eigenvalue weighted by Crippen LogP contribution is 2.20. The largest absolute Gasteiger partial charge is 0.342 e. The van der Waals surface area contributed by atoms with Crippen molar-refractivity contribution in [3.8, 4) is 11.4 Å². The molecule has 1 unspecified atom stereocenters. The number of likely N-dealkylation sites (tertiary alicyclic amines) is 1. The van der Waals surface area contributed by atoms with Crippen LogP contribution in [0.1, 0.15) is 23.2 Å². The Morgan fingerprint density at radius 3 is 2.91 bits per heavy atom. The molecule has 0 spiro atoms. The smallest absolute Gasteiger partial charge is 0.253 e. The molecule has 1 saturated heterocycles. The minimum absolute atomic E-state index is 0.0977. The van der Waals surface area contributed by atoms with E-state index in [2.05, 4.69) is 15.5 Å². The van der Waals surface area contributed by atoms with Gasteiger partial charge < -0.3 is 14.7 Å². The van der Waals surface area contributed by atoms with Gasteiger partial charge >= 0.3 is 0 Å². The highest BCUT2D eigenvalue weighted by Gasteiger charge is 2.24. The molecule has 1 amide bonds. The van der Waals surface area contributed by atoms with Crippen LogP contribution in [0.25, 0.3) is 11.4 Å². The van der Waals surface area contributed by atoms with Crippen molar-refractivity contribution in [2.24, 2.45) is 5.92 Å². The molecule has 1 aromatic carbocycles. The summed E-state index contributed by atoms with van der Waals surface area (Å²) in [6, 6.07) is 7.37. The first kappa shape index (κ1) is 14.7. The Labute approximate surface area is 129 Å². The lowest BCUT2D eigenvalue weighted by Crippen LogP contribution is -2.42. The first-order chi connectivity index (χ1) is 10.8. The van der Waals surface area contributed by atoms with Crippen LogP contribution in [0.3, 0.4) is 0 Å². The van der Waals surface area contributed by atoms with Gasteiger partial charge in [-0.3, -0.25) is 4.79 Å². The van der Waals surface area contributed by atoms with Gasteiger partial charge in [-0.2, -0.15) is 4.98 Å². The minimum atomic E-state index is 0.0977. The molecule has 1 aromatic heterocycles. The zero-order valence-electron chi connectivity index (χ0n) is 12.7. The molecule has 6 nitrogen and oxygen atoms in total. The Morgan fingerprint density at radius 2 is 2.23 bits per heavy atom. The molecule has 0 bridgehead atoms. The monoisotopic (exact) mass is 300 g/mol. The summed E-state index contributed by atoms with van der Waals surface area (Å²) in [7, 11) is 1.96. The van der Waals surface area contributed by atoms with E-state index in [1.807, 2.05) is 36.2 Å². The Balaban J connectivity index is 1.69. The van der Waals surface area contributed by atoms with Gasteiger partial charge in [-0.25, -0.2) is 0 Å². The topological polar surface area (TPSA) is 71.3 Å². The van der Waals surface area contributed by atoms with E-state index in [1.54, 1.807) is 0 Å². The van der Waals surface area contributed by atoms with E-state index in [0.717, 1.165) is 31.6 Å². The van der Waals surface area contributed by atoms with Crippen LogP contribution in [0.5, 0.6) is 0 Å². The van der Waals surface area contributed by atoms with Crippen molar-refractivity contribution in [1.82, 2.24) is 20.4 Å². The average molecular weight is 300 g/mol. The second-order valence-electron chi connectivity index (χ2n) is 5.65. The molecule has 3 rings (SSSR count). The fourth-order valence-electron chi connectivity index (χ4n) is 2.95. The van der Waals surface area contributed by atoms with Crippen molar-refractivity contribution in [1.29, 1.82) is 0 Å². The van der Waals surface area contributed by atoms with Gasteiger partial charge in [0.25, 0.3) is 5.91 Å². The first-order valence-corrected chi connectivity index (χ1v) is 7.58. The summed E-state index contributed by atoms with van der Waals surface area (Å²) in [5, 5.41) is 6.99. The quantitative estimate of drug-likeness (QED) is 0.932. The summed E-state index contributed by atoms with van der Waals surface area (Å²) in [5.41, 5.74) is 1.55. The van der Waals surface area contributed by atoms with Gasteiger partial charge in [0.2, 0.25) is 12.2 Å². The van der Waals surface area contributed by atoms with Gasteiger partial charge in [0, 0.05) is 24.2 Å². The van der Waals surface area contributed by atoms with Crippen LogP contribution in [-0.2, 0) is 0 Å². The molecule has 2 heterocycles. The van der Waals surface area contributed by atoms with Crippen LogP contribution in [0.2, 0.25) is 0 Å². The fraction of sp³-hybridized carbons (Fsp3) is 0.438. The number of hydrogen-bond donors (Lipinski definition) is 1. The van der Waals surface area contributed by atoms with E-state index in [1.165, 1.54) is 12.8 Å². The van der Waals surface area contributed by atoms with Crippen molar-refractivity contribution in [3.05, 3.63) is 36.2 Å². The van der Waals surface area contributed by atoms with Crippen molar-refractivity contribution < 1.29 is 9.32 Å². The molecule has 0 radical (unpaired) electrons. The molecule has 1 aliphatic heterocycles. The molecule has 1 atom stereocenters. The van der Waals surface area contributed by atoms with Crippen molar-refractivity contribution in [3.63, 3.8) is 0 Å². The second kappa shape index (κ2) is 6.70. The lowest BCUT2D eigenvalue weighted by Gasteiger charge is -2.32. The number of nitrogens with zero attached hydrogens (tertiary/aromatic N) is 3. The predicted octanol–water partition coefficient (Wildman–Crippen LogP) is 1.81. The SMILES string of the molecule is CNCC1CCCN(C(=O)c2ccc(-c3ncon3)cc2)C1. The summed E-state index contributed by atoms with van der Waals surface area (Å²) in [6.45, 7) is 2.62. The van der Waals surface area contributed by atoms with Gasteiger partial charge in [0.05, 0.1) is 0 Å². The van der Waals surface area contributed by atoms with E-state index in [9.17, 15) is 4.79 Å². The highest BCUT2D eigenvalue weighted by molar-refractivity contribution is 5.94. The predicted molar refractivity (Wildman–Crippen MR) is 82.3 cm³/mol. The average Bonchev–Trinajstić information content (AvgIpc) is 3.09. The number of carbonyl (C=O) groups excluding carboxylic acids is 1. The number of rotatable bonds is 4.